The van der Waals surface area contributed by atoms with Crippen molar-refractivity contribution in [3.8, 4) is 0 Å². The molecule has 2 N–H and O–H groups in total. The normalized spacial score (nSPS) is 28.2. The minimum atomic E-state index is 0.328. The summed E-state index contributed by atoms with van der Waals surface area (Å²) in [5.41, 5.74) is 3.06. The van der Waals surface area contributed by atoms with Crippen LogP contribution >= 0.6 is 0 Å². The molecule has 1 saturated carbocycles. The quantitative estimate of drug-likeness (QED) is 0.489. The van der Waals surface area contributed by atoms with Gasteiger partial charge in [-0.25, -0.2) is 0 Å². The van der Waals surface area contributed by atoms with E-state index < -0.39 is 0 Å². The number of hydrogen-bond donors (Lipinski definition) is 2. The number of aliphatic hydroxyl groups excluding tert-OH is 1. The average molecular weight is 187 g/mol. The lowest BCUT2D eigenvalue weighted by atomic mass is 9.97. The zero-order chi connectivity index (χ0) is 9.52. The summed E-state index contributed by atoms with van der Waals surface area (Å²) in [7, 11) is 1.68. The third-order valence-electron chi connectivity index (χ3n) is 2.91. The van der Waals surface area contributed by atoms with Crippen LogP contribution in [0.2, 0.25) is 0 Å². The van der Waals surface area contributed by atoms with Crippen LogP contribution < -0.4 is 5.48 Å². The van der Waals surface area contributed by atoms with Crippen LogP contribution in [0.25, 0.3) is 0 Å². The molecule has 0 aromatic carbocycles. The van der Waals surface area contributed by atoms with Gasteiger partial charge in [-0.15, -0.1) is 0 Å². The average Bonchev–Trinajstić information content (AvgIpc) is 2.54. The lowest BCUT2D eigenvalue weighted by Crippen LogP contribution is -2.31. The van der Waals surface area contributed by atoms with Gasteiger partial charge in [0.1, 0.15) is 0 Å². The molecule has 0 spiro atoms. The summed E-state index contributed by atoms with van der Waals surface area (Å²) in [4.78, 5) is 4.96. The van der Waals surface area contributed by atoms with Crippen molar-refractivity contribution in [1.29, 1.82) is 0 Å². The largest absolute Gasteiger partial charge is 0.396 e. The fourth-order valence-electron chi connectivity index (χ4n) is 2.21. The molecule has 1 aliphatic rings. The Balaban J connectivity index is 2.15. The molecule has 0 aliphatic heterocycles. The van der Waals surface area contributed by atoms with Crippen molar-refractivity contribution >= 4 is 0 Å². The van der Waals surface area contributed by atoms with Gasteiger partial charge in [-0.2, -0.15) is 5.48 Å². The monoisotopic (exact) mass is 187 g/mol. The Morgan fingerprint density at radius 3 is 2.92 bits per heavy atom. The number of hydroxylamine groups is 1. The fraction of sp³-hybridized carbons (Fsp3) is 1.00. The summed E-state index contributed by atoms with van der Waals surface area (Å²) in [6.07, 6.45) is 7.16. The van der Waals surface area contributed by atoms with E-state index >= 15 is 0 Å². The molecule has 78 valence electrons. The van der Waals surface area contributed by atoms with Gasteiger partial charge in [0, 0.05) is 12.6 Å². The summed E-state index contributed by atoms with van der Waals surface area (Å²) in [6, 6.07) is 0.545. The molecule has 3 heteroatoms. The van der Waals surface area contributed by atoms with E-state index in [1.54, 1.807) is 7.11 Å². The van der Waals surface area contributed by atoms with Gasteiger partial charge in [-0.3, -0.25) is 0 Å². The van der Waals surface area contributed by atoms with Crippen LogP contribution in [-0.4, -0.2) is 24.9 Å². The van der Waals surface area contributed by atoms with E-state index in [9.17, 15) is 0 Å². The van der Waals surface area contributed by atoms with E-state index in [0.717, 1.165) is 18.8 Å². The van der Waals surface area contributed by atoms with Gasteiger partial charge in [-0.05, 0) is 31.6 Å². The highest BCUT2D eigenvalue weighted by Gasteiger charge is 2.26. The maximum Gasteiger partial charge on any atom is 0.0572 e. The summed E-state index contributed by atoms with van der Waals surface area (Å²) < 4.78 is 0. The summed E-state index contributed by atoms with van der Waals surface area (Å²) in [5.74, 6) is 0.756. The van der Waals surface area contributed by atoms with Crippen molar-refractivity contribution in [2.45, 2.75) is 44.6 Å². The molecule has 0 radical (unpaired) electrons. The second-order valence-corrected chi connectivity index (χ2v) is 3.84. The molecule has 3 nitrogen and oxygen atoms in total. The highest BCUT2D eigenvalue weighted by atomic mass is 16.6. The minimum absolute atomic E-state index is 0.328. The van der Waals surface area contributed by atoms with Gasteiger partial charge < -0.3 is 9.94 Å². The van der Waals surface area contributed by atoms with Crippen LogP contribution in [0, 0.1) is 5.92 Å². The third-order valence-corrected chi connectivity index (χ3v) is 2.91. The molecular weight excluding hydrogens is 166 g/mol. The lowest BCUT2D eigenvalue weighted by Gasteiger charge is -2.19. The molecule has 1 fully saturated rings. The highest BCUT2D eigenvalue weighted by molar-refractivity contribution is 4.80. The van der Waals surface area contributed by atoms with Crippen LogP contribution in [0.4, 0.5) is 0 Å². The lowest BCUT2D eigenvalue weighted by molar-refractivity contribution is 0.0471. The summed E-state index contributed by atoms with van der Waals surface area (Å²) in [5, 5.41) is 8.67. The Morgan fingerprint density at radius 1 is 1.38 bits per heavy atom. The Hall–Kier alpha value is -0.120. The SMILES string of the molecule is CON[C@@H]1CCC[C@H]1CCCCO. The number of unbranched alkanes of at least 4 members (excludes halogenated alkanes) is 1. The smallest absolute Gasteiger partial charge is 0.0572 e. The van der Waals surface area contributed by atoms with Gasteiger partial charge in [0.15, 0.2) is 0 Å². The van der Waals surface area contributed by atoms with Gasteiger partial charge in [-0.1, -0.05) is 12.8 Å². The molecule has 1 aliphatic carbocycles. The first kappa shape index (κ1) is 11.0. The van der Waals surface area contributed by atoms with Gasteiger partial charge in [0.2, 0.25) is 0 Å². The molecule has 0 amide bonds. The molecule has 0 saturated heterocycles. The van der Waals surface area contributed by atoms with E-state index in [4.69, 9.17) is 9.94 Å². The first-order chi connectivity index (χ1) is 6.38. The number of rotatable bonds is 6. The Labute approximate surface area is 80.4 Å². The second-order valence-electron chi connectivity index (χ2n) is 3.84. The van der Waals surface area contributed by atoms with Crippen molar-refractivity contribution in [1.82, 2.24) is 5.48 Å². The maximum atomic E-state index is 8.67. The first-order valence-corrected chi connectivity index (χ1v) is 5.28. The van der Waals surface area contributed by atoms with Gasteiger partial charge >= 0.3 is 0 Å². The van der Waals surface area contributed by atoms with E-state index in [1.807, 2.05) is 0 Å². The van der Waals surface area contributed by atoms with Crippen LogP contribution in [0.1, 0.15) is 38.5 Å². The molecule has 13 heavy (non-hydrogen) atoms. The van der Waals surface area contributed by atoms with Crippen LogP contribution in [0.15, 0.2) is 0 Å². The fourth-order valence-corrected chi connectivity index (χ4v) is 2.21. The van der Waals surface area contributed by atoms with E-state index in [1.165, 1.54) is 25.7 Å². The standard InChI is InChI=1S/C10H21NO2/c1-13-11-10-7-4-6-9(10)5-2-3-8-12/h9-12H,2-8H2,1H3/t9-,10-/m1/s1. The molecule has 0 unspecified atom stereocenters. The second kappa shape index (κ2) is 6.35. The molecule has 0 bridgehead atoms. The zero-order valence-electron chi connectivity index (χ0n) is 8.46. The van der Waals surface area contributed by atoms with Gasteiger partial charge in [0.25, 0.3) is 0 Å². The molecule has 1 rings (SSSR count). The number of nitrogens with one attached hydrogen (secondary N) is 1. The Bertz CT molecular complexity index is 130. The summed E-state index contributed by atoms with van der Waals surface area (Å²) in [6.45, 7) is 0.328. The molecule has 0 aromatic heterocycles. The molecule has 0 heterocycles. The van der Waals surface area contributed by atoms with E-state index in [-0.39, 0.29) is 0 Å². The van der Waals surface area contributed by atoms with Crippen LogP contribution in [0.3, 0.4) is 0 Å². The van der Waals surface area contributed by atoms with Crippen molar-refractivity contribution < 1.29 is 9.94 Å². The predicted octanol–water partition coefficient (Wildman–Crippen LogP) is 1.47. The van der Waals surface area contributed by atoms with Crippen LogP contribution in [0.5, 0.6) is 0 Å². The van der Waals surface area contributed by atoms with Crippen molar-refractivity contribution in [2.75, 3.05) is 13.7 Å². The molecular formula is C10H21NO2. The van der Waals surface area contributed by atoms with Crippen LogP contribution in [-0.2, 0) is 4.84 Å². The molecule has 0 aromatic rings. The van der Waals surface area contributed by atoms with E-state index in [0.29, 0.717) is 12.6 Å². The topological polar surface area (TPSA) is 41.5 Å². The Morgan fingerprint density at radius 2 is 2.23 bits per heavy atom. The third kappa shape index (κ3) is 3.63. The summed E-state index contributed by atoms with van der Waals surface area (Å²) >= 11 is 0. The Kier molecular flexibility index (Phi) is 5.35. The minimum Gasteiger partial charge on any atom is -0.396 e. The van der Waals surface area contributed by atoms with Crippen molar-refractivity contribution in [3.05, 3.63) is 0 Å². The molecule has 2 atom stereocenters. The maximum absolute atomic E-state index is 8.67. The van der Waals surface area contributed by atoms with E-state index in [2.05, 4.69) is 5.48 Å². The first-order valence-electron chi connectivity index (χ1n) is 5.28. The predicted molar refractivity (Wildman–Crippen MR) is 52.2 cm³/mol. The number of aliphatic hydroxyl groups is 1. The van der Waals surface area contributed by atoms with Crippen molar-refractivity contribution in [2.24, 2.45) is 5.92 Å². The zero-order valence-corrected chi connectivity index (χ0v) is 8.46. The highest BCUT2D eigenvalue weighted by Crippen LogP contribution is 2.29. The van der Waals surface area contributed by atoms with Crippen molar-refractivity contribution in [3.63, 3.8) is 0 Å². The van der Waals surface area contributed by atoms with Gasteiger partial charge in [0.05, 0.1) is 7.11 Å². The number of hydrogen-bond acceptors (Lipinski definition) is 3.